The number of anilines is 1. The molecule has 0 saturated carbocycles. The molecular weight excluding hydrogens is 270 g/mol. The normalized spacial score (nSPS) is 13.5. The molecule has 0 saturated heterocycles. The van der Waals surface area contributed by atoms with Crippen molar-refractivity contribution in [2.45, 2.75) is 38.3 Å². The Kier molecular flexibility index (Phi) is 3.91. The van der Waals surface area contributed by atoms with E-state index in [0.717, 1.165) is 48.2 Å². The van der Waals surface area contributed by atoms with Crippen LogP contribution in [0.5, 0.6) is 0 Å². The highest BCUT2D eigenvalue weighted by Crippen LogP contribution is 2.34. The third-order valence-electron chi connectivity index (χ3n) is 3.27. The van der Waals surface area contributed by atoms with Gasteiger partial charge >= 0.3 is 0 Å². The second-order valence-electron chi connectivity index (χ2n) is 4.84. The summed E-state index contributed by atoms with van der Waals surface area (Å²) in [4.78, 5) is 9.40. The zero-order valence-corrected chi connectivity index (χ0v) is 12.7. The van der Waals surface area contributed by atoms with Gasteiger partial charge in [0.15, 0.2) is 5.82 Å². The summed E-state index contributed by atoms with van der Waals surface area (Å²) in [5.74, 6) is 3.75. The van der Waals surface area contributed by atoms with Crippen LogP contribution < -0.4 is 5.32 Å². The zero-order chi connectivity index (χ0) is 13.9. The molecule has 0 fully saturated rings. The summed E-state index contributed by atoms with van der Waals surface area (Å²) < 4.78 is 1.95. The molecule has 3 rings (SSSR count). The maximum absolute atomic E-state index is 4.71. The summed E-state index contributed by atoms with van der Waals surface area (Å²) in [7, 11) is 0. The number of hydrogen-bond donors (Lipinski definition) is 1. The highest BCUT2D eigenvalue weighted by atomic mass is 32.2. The number of aryl methyl sites for hydroxylation is 1. The van der Waals surface area contributed by atoms with Gasteiger partial charge in [0.25, 0.3) is 0 Å². The van der Waals surface area contributed by atoms with Crippen molar-refractivity contribution < 1.29 is 0 Å². The van der Waals surface area contributed by atoms with Gasteiger partial charge in [0.05, 0.1) is 17.5 Å². The molecule has 2 aromatic heterocycles. The van der Waals surface area contributed by atoms with E-state index in [1.165, 1.54) is 11.3 Å². The third kappa shape index (κ3) is 2.52. The Labute approximate surface area is 123 Å². The molecule has 3 heterocycles. The molecule has 1 aliphatic heterocycles. The highest BCUT2D eigenvalue weighted by Gasteiger charge is 2.20. The standard InChI is InChI=1S/C14H19N5S/c1-3-5-19-7-10(6-16-19)13-17-12-9-20-8-11(12)14(18-13)15-4-2/h6-7H,3-5,8-9H2,1-2H3,(H,15,17,18). The van der Waals surface area contributed by atoms with Crippen LogP contribution in [-0.2, 0) is 18.1 Å². The van der Waals surface area contributed by atoms with Gasteiger partial charge in [-0.15, -0.1) is 0 Å². The fraction of sp³-hybridized carbons (Fsp3) is 0.500. The molecule has 0 spiro atoms. The molecule has 0 aliphatic carbocycles. The summed E-state index contributed by atoms with van der Waals surface area (Å²) in [6.07, 6.45) is 4.96. The maximum Gasteiger partial charge on any atom is 0.164 e. The quantitative estimate of drug-likeness (QED) is 0.917. The van der Waals surface area contributed by atoms with E-state index in [1.807, 2.05) is 28.8 Å². The molecule has 0 amide bonds. The van der Waals surface area contributed by atoms with Crippen LogP contribution in [0.15, 0.2) is 12.4 Å². The Morgan fingerprint density at radius 3 is 3.00 bits per heavy atom. The molecule has 6 heteroatoms. The van der Waals surface area contributed by atoms with E-state index in [9.17, 15) is 0 Å². The fourth-order valence-electron chi connectivity index (χ4n) is 2.32. The number of hydrogen-bond acceptors (Lipinski definition) is 5. The van der Waals surface area contributed by atoms with Gasteiger partial charge in [-0.2, -0.15) is 16.9 Å². The molecule has 1 N–H and O–H groups in total. The van der Waals surface area contributed by atoms with E-state index in [1.54, 1.807) is 0 Å². The first-order chi connectivity index (χ1) is 9.81. The zero-order valence-electron chi connectivity index (χ0n) is 11.9. The number of rotatable bonds is 5. The minimum absolute atomic E-state index is 0.782. The van der Waals surface area contributed by atoms with Crippen LogP contribution >= 0.6 is 11.8 Å². The smallest absolute Gasteiger partial charge is 0.164 e. The molecule has 0 unspecified atom stereocenters. The Bertz CT molecular complexity index is 608. The first-order valence-corrected chi connectivity index (χ1v) is 8.21. The average Bonchev–Trinajstić information content (AvgIpc) is 3.07. The highest BCUT2D eigenvalue weighted by molar-refractivity contribution is 7.98. The largest absolute Gasteiger partial charge is 0.370 e. The number of thioether (sulfide) groups is 1. The SMILES string of the molecule is CCCn1cc(-c2nc3c(c(NCC)n2)CSC3)cn1. The molecule has 106 valence electrons. The Morgan fingerprint density at radius 1 is 1.30 bits per heavy atom. The van der Waals surface area contributed by atoms with Gasteiger partial charge in [-0.25, -0.2) is 9.97 Å². The summed E-state index contributed by atoms with van der Waals surface area (Å²) in [6.45, 7) is 6.05. The van der Waals surface area contributed by atoms with Crippen LogP contribution in [0, 0.1) is 0 Å². The summed E-state index contributed by atoms with van der Waals surface area (Å²) in [5, 5.41) is 7.72. The van der Waals surface area contributed by atoms with Gasteiger partial charge in [0.1, 0.15) is 5.82 Å². The van der Waals surface area contributed by atoms with Crippen LogP contribution in [0.3, 0.4) is 0 Å². The minimum atomic E-state index is 0.782. The van der Waals surface area contributed by atoms with E-state index >= 15 is 0 Å². The van der Waals surface area contributed by atoms with Crippen LogP contribution in [0.2, 0.25) is 0 Å². The van der Waals surface area contributed by atoms with Crippen LogP contribution in [-0.4, -0.2) is 26.3 Å². The van der Waals surface area contributed by atoms with Crippen LogP contribution in [0.1, 0.15) is 31.5 Å². The van der Waals surface area contributed by atoms with Crippen LogP contribution in [0.25, 0.3) is 11.4 Å². The Morgan fingerprint density at radius 2 is 2.20 bits per heavy atom. The molecule has 0 atom stereocenters. The Hall–Kier alpha value is -1.56. The van der Waals surface area contributed by atoms with Crippen molar-refractivity contribution in [1.82, 2.24) is 19.7 Å². The van der Waals surface area contributed by atoms with E-state index in [4.69, 9.17) is 4.98 Å². The molecule has 2 aromatic rings. The van der Waals surface area contributed by atoms with E-state index in [-0.39, 0.29) is 0 Å². The lowest BCUT2D eigenvalue weighted by Crippen LogP contribution is -2.06. The Balaban J connectivity index is 1.98. The molecular formula is C14H19N5S. The lowest BCUT2D eigenvalue weighted by molar-refractivity contribution is 0.603. The predicted octanol–water partition coefficient (Wildman–Crippen LogP) is 2.93. The second kappa shape index (κ2) is 5.83. The third-order valence-corrected chi connectivity index (χ3v) is 4.24. The van der Waals surface area contributed by atoms with Crippen molar-refractivity contribution in [3.63, 3.8) is 0 Å². The molecule has 0 radical (unpaired) electrons. The van der Waals surface area contributed by atoms with Gasteiger partial charge in [-0.3, -0.25) is 4.68 Å². The fourth-order valence-corrected chi connectivity index (χ4v) is 3.37. The van der Waals surface area contributed by atoms with Crippen molar-refractivity contribution in [1.29, 1.82) is 0 Å². The number of fused-ring (bicyclic) bond motifs is 1. The lowest BCUT2D eigenvalue weighted by atomic mass is 10.2. The first kappa shape index (κ1) is 13.4. The van der Waals surface area contributed by atoms with Crippen molar-refractivity contribution in [3.05, 3.63) is 23.7 Å². The average molecular weight is 289 g/mol. The van der Waals surface area contributed by atoms with Crippen molar-refractivity contribution in [2.75, 3.05) is 11.9 Å². The van der Waals surface area contributed by atoms with Gasteiger partial charge in [-0.05, 0) is 13.3 Å². The van der Waals surface area contributed by atoms with E-state index < -0.39 is 0 Å². The molecule has 0 bridgehead atoms. The van der Waals surface area contributed by atoms with Gasteiger partial charge < -0.3 is 5.32 Å². The number of nitrogens with zero attached hydrogens (tertiary/aromatic N) is 4. The lowest BCUT2D eigenvalue weighted by Gasteiger charge is -2.09. The van der Waals surface area contributed by atoms with E-state index in [0.29, 0.717) is 0 Å². The molecule has 0 aromatic carbocycles. The van der Waals surface area contributed by atoms with Gasteiger partial charge in [0.2, 0.25) is 0 Å². The van der Waals surface area contributed by atoms with Crippen molar-refractivity contribution in [3.8, 4) is 11.4 Å². The first-order valence-electron chi connectivity index (χ1n) is 7.06. The predicted molar refractivity (Wildman–Crippen MR) is 82.7 cm³/mol. The van der Waals surface area contributed by atoms with Gasteiger partial charge in [0, 0.05) is 36.4 Å². The maximum atomic E-state index is 4.71. The number of aromatic nitrogens is 4. The second-order valence-corrected chi connectivity index (χ2v) is 5.82. The number of nitrogens with one attached hydrogen (secondary N) is 1. The summed E-state index contributed by atoms with van der Waals surface area (Å²) in [6, 6.07) is 0. The summed E-state index contributed by atoms with van der Waals surface area (Å²) in [5.41, 5.74) is 3.43. The van der Waals surface area contributed by atoms with Crippen molar-refractivity contribution >= 4 is 17.6 Å². The monoisotopic (exact) mass is 289 g/mol. The summed E-state index contributed by atoms with van der Waals surface area (Å²) >= 11 is 1.90. The van der Waals surface area contributed by atoms with E-state index in [2.05, 4.69) is 29.2 Å². The molecule has 20 heavy (non-hydrogen) atoms. The minimum Gasteiger partial charge on any atom is -0.370 e. The molecule has 5 nitrogen and oxygen atoms in total. The van der Waals surface area contributed by atoms with Gasteiger partial charge in [-0.1, -0.05) is 6.92 Å². The van der Waals surface area contributed by atoms with Crippen LogP contribution in [0.4, 0.5) is 5.82 Å². The molecule has 1 aliphatic rings. The topological polar surface area (TPSA) is 55.6 Å². The van der Waals surface area contributed by atoms with Crippen molar-refractivity contribution in [2.24, 2.45) is 0 Å².